The van der Waals surface area contributed by atoms with E-state index in [9.17, 15) is 22.8 Å². The molecule has 2 amide bonds. The van der Waals surface area contributed by atoms with Crippen molar-refractivity contribution in [2.24, 2.45) is 0 Å². The van der Waals surface area contributed by atoms with Crippen molar-refractivity contribution in [2.45, 2.75) is 18.7 Å². The molecule has 9 nitrogen and oxygen atoms in total. The Morgan fingerprint density at radius 2 is 1.69 bits per heavy atom. The molecule has 0 unspecified atom stereocenters. The Hall–Kier alpha value is -3.40. The number of nitrogens with zero attached hydrogens (tertiary/aromatic N) is 1. The summed E-state index contributed by atoms with van der Waals surface area (Å²) in [6, 6.07) is 12.3. The average Bonchev–Trinajstić information content (AvgIpc) is 2.70. The van der Waals surface area contributed by atoms with Gasteiger partial charge in [-0.15, -0.1) is 0 Å². The molecule has 0 aliphatic heterocycles. The van der Waals surface area contributed by atoms with E-state index in [2.05, 4.69) is 5.43 Å². The van der Waals surface area contributed by atoms with E-state index in [0.29, 0.717) is 5.69 Å². The van der Waals surface area contributed by atoms with Gasteiger partial charge in [0.25, 0.3) is 15.9 Å². The number of sulfonamides is 1. The molecule has 0 radical (unpaired) electrons. The van der Waals surface area contributed by atoms with Crippen LogP contribution < -0.4 is 15.2 Å². The van der Waals surface area contributed by atoms with Crippen molar-refractivity contribution in [3.05, 3.63) is 59.7 Å². The minimum absolute atomic E-state index is 0.0318. The highest BCUT2D eigenvalue weighted by Crippen LogP contribution is 2.23. The zero-order valence-electron chi connectivity index (χ0n) is 16.1. The number of hydrazine groups is 1. The largest absolute Gasteiger partial charge is 0.452 e. The second kappa shape index (κ2) is 9.20. The monoisotopic (exact) mass is 419 g/mol. The lowest BCUT2D eigenvalue weighted by atomic mass is 10.2. The number of amides is 2. The minimum atomic E-state index is -3.91. The van der Waals surface area contributed by atoms with Gasteiger partial charge in [0, 0.05) is 14.0 Å². The fourth-order valence-electron chi connectivity index (χ4n) is 2.24. The summed E-state index contributed by atoms with van der Waals surface area (Å²) in [5.41, 5.74) is 5.53. The predicted molar refractivity (Wildman–Crippen MR) is 105 cm³/mol. The zero-order valence-corrected chi connectivity index (χ0v) is 16.9. The summed E-state index contributed by atoms with van der Waals surface area (Å²) < 4.78 is 31.7. The minimum Gasteiger partial charge on any atom is -0.452 e. The van der Waals surface area contributed by atoms with E-state index in [1.807, 2.05) is 12.3 Å². The molecule has 2 aromatic carbocycles. The van der Waals surface area contributed by atoms with Crippen molar-refractivity contribution in [3.63, 3.8) is 0 Å². The van der Waals surface area contributed by atoms with Crippen LogP contribution in [0.25, 0.3) is 0 Å². The van der Waals surface area contributed by atoms with E-state index in [-0.39, 0.29) is 10.5 Å². The second-order valence-electron chi connectivity index (χ2n) is 6.14. The SMILES string of the molecule is CC(=O)NNC(=O)COC(=O)c1cccc(S(=O)(=O)N(C)c2ccc(C)cc2)c1. The maximum Gasteiger partial charge on any atom is 0.338 e. The van der Waals surface area contributed by atoms with Crippen LogP contribution in [-0.4, -0.2) is 39.9 Å². The van der Waals surface area contributed by atoms with E-state index in [0.717, 1.165) is 9.87 Å². The van der Waals surface area contributed by atoms with Crippen molar-refractivity contribution >= 4 is 33.5 Å². The Kier molecular flexibility index (Phi) is 6.94. The molecule has 0 spiro atoms. The van der Waals surface area contributed by atoms with E-state index < -0.39 is 34.4 Å². The molecule has 0 aromatic heterocycles. The molecule has 0 bridgehead atoms. The van der Waals surface area contributed by atoms with Crippen molar-refractivity contribution < 1.29 is 27.5 Å². The Balaban J connectivity index is 2.13. The second-order valence-corrected chi connectivity index (χ2v) is 8.11. The molecule has 10 heteroatoms. The van der Waals surface area contributed by atoms with Crippen LogP contribution in [0.5, 0.6) is 0 Å². The maximum absolute atomic E-state index is 12.9. The number of anilines is 1. The molecule has 0 aliphatic rings. The molecule has 0 atom stereocenters. The number of hydrogen-bond acceptors (Lipinski definition) is 6. The standard InChI is InChI=1S/C19H21N3O6S/c1-13-7-9-16(10-8-13)22(3)29(26,27)17-6-4-5-15(11-17)19(25)28-12-18(24)21-20-14(2)23/h4-11H,12H2,1-3H3,(H,20,23)(H,21,24). The average molecular weight is 419 g/mol. The number of nitrogens with one attached hydrogen (secondary N) is 2. The topological polar surface area (TPSA) is 122 Å². The molecule has 2 rings (SSSR count). The van der Waals surface area contributed by atoms with E-state index in [1.54, 1.807) is 24.3 Å². The number of rotatable bonds is 6. The third-order valence-electron chi connectivity index (χ3n) is 3.84. The van der Waals surface area contributed by atoms with Crippen LogP contribution in [0.2, 0.25) is 0 Å². The summed E-state index contributed by atoms with van der Waals surface area (Å²) in [6.07, 6.45) is 0. The number of benzene rings is 2. The summed E-state index contributed by atoms with van der Waals surface area (Å²) in [5.74, 6) is -2.10. The van der Waals surface area contributed by atoms with Crippen LogP contribution in [-0.2, 0) is 24.3 Å². The molecule has 2 N–H and O–H groups in total. The lowest BCUT2D eigenvalue weighted by molar-refractivity contribution is -0.129. The molecule has 0 saturated heterocycles. The highest BCUT2D eigenvalue weighted by atomic mass is 32.2. The Morgan fingerprint density at radius 1 is 1.03 bits per heavy atom. The van der Waals surface area contributed by atoms with Crippen LogP contribution in [0.4, 0.5) is 5.69 Å². The maximum atomic E-state index is 12.9. The number of esters is 1. The van der Waals surface area contributed by atoms with Crippen molar-refractivity contribution in [3.8, 4) is 0 Å². The summed E-state index contributed by atoms with van der Waals surface area (Å²) >= 11 is 0. The number of hydrogen-bond donors (Lipinski definition) is 2. The summed E-state index contributed by atoms with van der Waals surface area (Å²) in [6.45, 7) is 2.45. The highest BCUT2D eigenvalue weighted by molar-refractivity contribution is 7.92. The van der Waals surface area contributed by atoms with Crippen LogP contribution in [0, 0.1) is 6.92 Å². The summed E-state index contributed by atoms with van der Waals surface area (Å²) in [5, 5.41) is 0. The van der Waals surface area contributed by atoms with Gasteiger partial charge in [-0.3, -0.25) is 24.7 Å². The van der Waals surface area contributed by atoms with Gasteiger partial charge in [0.05, 0.1) is 16.1 Å². The molecular formula is C19H21N3O6S. The van der Waals surface area contributed by atoms with Gasteiger partial charge in [-0.25, -0.2) is 13.2 Å². The molecule has 0 saturated carbocycles. The van der Waals surface area contributed by atoms with Crippen LogP contribution in [0.15, 0.2) is 53.4 Å². The molecular weight excluding hydrogens is 398 g/mol. The van der Waals surface area contributed by atoms with Crippen LogP contribution in [0.1, 0.15) is 22.8 Å². The van der Waals surface area contributed by atoms with Gasteiger partial charge in [-0.05, 0) is 37.3 Å². The normalized spacial score (nSPS) is 10.7. The molecule has 0 heterocycles. The molecule has 29 heavy (non-hydrogen) atoms. The highest BCUT2D eigenvalue weighted by Gasteiger charge is 2.23. The molecule has 0 fully saturated rings. The molecule has 0 aliphatic carbocycles. The molecule has 2 aromatic rings. The van der Waals surface area contributed by atoms with Crippen LogP contribution in [0.3, 0.4) is 0 Å². The van der Waals surface area contributed by atoms with Crippen LogP contribution >= 0.6 is 0 Å². The van der Waals surface area contributed by atoms with E-state index in [4.69, 9.17) is 4.74 Å². The third kappa shape index (κ3) is 5.79. The lowest BCUT2D eigenvalue weighted by Gasteiger charge is -2.20. The Morgan fingerprint density at radius 3 is 2.31 bits per heavy atom. The van der Waals surface area contributed by atoms with Crippen molar-refractivity contribution in [1.82, 2.24) is 10.9 Å². The van der Waals surface area contributed by atoms with Gasteiger partial charge in [0.1, 0.15) is 0 Å². The fourth-order valence-corrected chi connectivity index (χ4v) is 3.49. The van der Waals surface area contributed by atoms with Gasteiger partial charge in [-0.2, -0.15) is 0 Å². The van der Waals surface area contributed by atoms with Gasteiger partial charge >= 0.3 is 5.97 Å². The number of carbonyl (C=O) groups is 3. The molecule has 154 valence electrons. The zero-order chi connectivity index (χ0) is 21.6. The fraction of sp³-hybridized carbons (Fsp3) is 0.211. The van der Waals surface area contributed by atoms with Crippen molar-refractivity contribution in [2.75, 3.05) is 18.0 Å². The first-order valence-electron chi connectivity index (χ1n) is 8.49. The first-order chi connectivity index (χ1) is 13.6. The van der Waals surface area contributed by atoms with Gasteiger partial charge < -0.3 is 4.74 Å². The first-order valence-corrected chi connectivity index (χ1v) is 9.93. The Labute approximate surface area is 168 Å². The van der Waals surface area contributed by atoms with Crippen molar-refractivity contribution in [1.29, 1.82) is 0 Å². The van der Waals surface area contributed by atoms with Gasteiger partial charge in [-0.1, -0.05) is 23.8 Å². The van der Waals surface area contributed by atoms with E-state index in [1.165, 1.54) is 38.2 Å². The summed E-state index contributed by atoms with van der Waals surface area (Å²) in [4.78, 5) is 34.2. The van der Waals surface area contributed by atoms with Gasteiger partial charge in [0.15, 0.2) is 6.61 Å². The lowest BCUT2D eigenvalue weighted by Crippen LogP contribution is -2.42. The van der Waals surface area contributed by atoms with E-state index >= 15 is 0 Å². The van der Waals surface area contributed by atoms with Gasteiger partial charge in [0.2, 0.25) is 5.91 Å². The number of carbonyl (C=O) groups excluding carboxylic acids is 3. The first kappa shape index (κ1) is 21.9. The predicted octanol–water partition coefficient (Wildman–Crippen LogP) is 1.14. The number of aryl methyl sites for hydroxylation is 1. The summed E-state index contributed by atoms with van der Waals surface area (Å²) in [7, 11) is -2.50. The number of ether oxygens (including phenoxy) is 1. The third-order valence-corrected chi connectivity index (χ3v) is 5.62. The smallest absolute Gasteiger partial charge is 0.338 e. The Bertz CT molecular complexity index is 1020. The quantitative estimate of drug-likeness (QED) is 0.535.